The maximum Gasteiger partial charge on any atom is 0.200 e. The minimum Gasteiger partial charge on any atom is -0.203 e. The molecule has 0 amide bonds. The van der Waals surface area contributed by atoms with Crippen LogP contribution in [-0.2, 0) is 6.42 Å². The summed E-state index contributed by atoms with van der Waals surface area (Å²) < 4.78 is 68.5. The first-order valence-corrected chi connectivity index (χ1v) is 7.29. The molecule has 0 N–H and O–H groups in total. The molecule has 0 saturated heterocycles. The second-order valence-electron chi connectivity index (χ2n) is 5.49. The van der Waals surface area contributed by atoms with Gasteiger partial charge >= 0.3 is 0 Å². The van der Waals surface area contributed by atoms with Crippen LogP contribution in [0.25, 0.3) is 11.1 Å². The molecule has 0 radical (unpaired) electrons. The van der Waals surface area contributed by atoms with Crippen LogP contribution in [0.15, 0.2) is 24.3 Å². The predicted octanol–water partition coefficient (Wildman–Crippen LogP) is 5.65. The summed E-state index contributed by atoms with van der Waals surface area (Å²) >= 11 is 0. The van der Waals surface area contributed by atoms with E-state index in [2.05, 4.69) is 0 Å². The molecule has 1 aliphatic rings. The zero-order valence-corrected chi connectivity index (χ0v) is 12.3. The maximum atomic E-state index is 14.1. The van der Waals surface area contributed by atoms with Crippen molar-refractivity contribution in [2.45, 2.75) is 26.2 Å². The van der Waals surface area contributed by atoms with Gasteiger partial charge in [-0.15, -0.1) is 0 Å². The van der Waals surface area contributed by atoms with E-state index < -0.39 is 34.6 Å². The molecule has 0 saturated carbocycles. The number of allylic oxidation sites excluding steroid dienone is 2. The van der Waals surface area contributed by atoms with Crippen molar-refractivity contribution in [2.24, 2.45) is 0 Å². The average Bonchev–Trinajstić information content (AvgIpc) is 2.90. The summed E-state index contributed by atoms with van der Waals surface area (Å²) in [6.07, 6.45) is 1.36. The average molecular weight is 324 g/mol. The van der Waals surface area contributed by atoms with Crippen molar-refractivity contribution in [3.8, 4) is 0 Å². The molecule has 23 heavy (non-hydrogen) atoms. The van der Waals surface area contributed by atoms with Crippen molar-refractivity contribution in [3.63, 3.8) is 0 Å². The Morgan fingerprint density at radius 2 is 1.39 bits per heavy atom. The molecule has 120 valence electrons. The maximum absolute atomic E-state index is 14.1. The second-order valence-corrected chi connectivity index (χ2v) is 5.49. The molecule has 0 bridgehead atoms. The van der Waals surface area contributed by atoms with Crippen molar-refractivity contribution >= 4 is 11.1 Å². The summed E-state index contributed by atoms with van der Waals surface area (Å²) in [6.45, 7) is 1.89. The Bertz CT molecular complexity index is 791. The fraction of sp³-hybridized carbons (Fsp3) is 0.222. The minimum atomic E-state index is -2.13. The number of hydrogen-bond donors (Lipinski definition) is 0. The van der Waals surface area contributed by atoms with Crippen LogP contribution in [0, 0.1) is 29.1 Å². The van der Waals surface area contributed by atoms with Crippen LogP contribution >= 0.6 is 0 Å². The van der Waals surface area contributed by atoms with Gasteiger partial charge < -0.3 is 0 Å². The highest BCUT2D eigenvalue weighted by Gasteiger charge is 2.31. The standard InChI is InChI=1S/C18H13F5/c1-2-5-11-10-7-4-3-6-9(10)8-12(11)13-14(19)16(21)18(23)17(22)15(13)20/h3-4,6-7H,2,5,8H2,1H3. The minimum absolute atomic E-state index is 0.157. The molecule has 0 atom stereocenters. The number of hydrogen-bond acceptors (Lipinski definition) is 0. The SMILES string of the molecule is CCCC1=C(c2c(F)c(F)c(F)c(F)c2F)Cc2ccccc21. The van der Waals surface area contributed by atoms with Gasteiger partial charge in [0.15, 0.2) is 23.3 Å². The third kappa shape index (κ3) is 2.35. The van der Waals surface area contributed by atoms with E-state index in [4.69, 9.17) is 0 Å². The molecule has 0 fully saturated rings. The van der Waals surface area contributed by atoms with E-state index in [1.807, 2.05) is 6.92 Å². The Morgan fingerprint density at radius 3 is 2.00 bits per heavy atom. The van der Waals surface area contributed by atoms with Crippen LogP contribution in [0.5, 0.6) is 0 Å². The van der Waals surface area contributed by atoms with Gasteiger partial charge in [-0.3, -0.25) is 0 Å². The monoisotopic (exact) mass is 324 g/mol. The van der Waals surface area contributed by atoms with Crippen LogP contribution in [0.4, 0.5) is 22.0 Å². The predicted molar refractivity (Wildman–Crippen MR) is 78.1 cm³/mol. The van der Waals surface area contributed by atoms with E-state index >= 15 is 0 Å². The van der Waals surface area contributed by atoms with Crippen LogP contribution in [0.2, 0.25) is 0 Å². The molecule has 0 heterocycles. The lowest BCUT2D eigenvalue weighted by atomic mass is 9.96. The van der Waals surface area contributed by atoms with E-state index in [0.29, 0.717) is 18.4 Å². The van der Waals surface area contributed by atoms with Gasteiger partial charge in [-0.05, 0) is 35.1 Å². The molecule has 2 aromatic rings. The first-order chi connectivity index (χ1) is 11.0. The Balaban J connectivity index is 2.29. The number of benzene rings is 2. The smallest absolute Gasteiger partial charge is 0.200 e. The number of rotatable bonds is 3. The van der Waals surface area contributed by atoms with Crippen molar-refractivity contribution in [1.29, 1.82) is 0 Å². The molecule has 3 rings (SSSR count). The summed E-state index contributed by atoms with van der Waals surface area (Å²) in [6, 6.07) is 7.17. The third-order valence-corrected chi connectivity index (χ3v) is 4.09. The zero-order valence-electron chi connectivity index (χ0n) is 12.3. The van der Waals surface area contributed by atoms with Crippen molar-refractivity contribution in [1.82, 2.24) is 0 Å². The van der Waals surface area contributed by atoms with Crippen molar-refractivity contribution in [2.75, 3.05) is 0 Å². The summed E-state index contributed by atoms with van der Waals surface area (Å²) in [5, 5.41) is 0. The van der Waals surface area contributed by atoms with Crippen LogP contribution in [0.3, 0.4) is 0 Å². The van der Waals surface area contributed by atoms with E-state index in [9.17, 15) is 22.0 Å². The van der Waals surface area contributed by atoms with Gasteiger partial charge in [0.2, 0.25) is 5.82 Å². The highest BCUT2D eigenvalue weighted by Crippen LogP contribution is 2.43. The first-order valence-electron chi connectivity index (χ1n) is 7.29. The molecular formula is C18H13F5. The third-order valence-electron chi connectivity index (χ3n) is 4.09. The highest BCUT2D eigenvalue weighted by molar-refractivity contribution is 5.97. The van der Waals surface area contributed by atoms with Crippen LogP contribution < -0.4 is 0 Å². The first kappa shape index (κ1) is 15.7. The summed E-state index contributed by atoms with van der Waals surface area (Å²) in [7, 11) is 0. The lowest BCUT2D eigenvalue weighted by Crippen LogP contribution is -2.07. The zero-order chi connectivity index (χ0) is 16.7. The Labute approximate surface area is 130 Å². The Morgan fingerprint density at radius 1 is 0.826 bits per heavy atom. The van der Waals surface area contributed by atoms with E-state index in [1.165, 1.54) is 0 Å². The highest BCUT2D eigenvalue weighted by atomic mass is 19.2. The topological polar surface area (TPSA) is 0 Å². The summed E-state index contributed by atoms with van der Waals surface area (Å²) in [4.78, 5) is 0. The lowest BCUT2D eigenvalue weighted by Gasteiger charge is -2.12. The quantitative estimate of drug-likeness (QED) is 0.389. The number of halogens is 5. The summed E-state index contributed by atoms with van der Waals surface area (Å²) in [5.74, 6) is -9.47. The van der Waals surface area contributed by atoms with Gasteiger partial charge in [0.05, 0.1) is 5.56 Å². The normalized spacial score (nSPS) is 13.7. The molecule has 0 spiro atoms. The molecule has 0 aromatic heterocycles. The van der Waals surface area contributed by atoms with Gasteiger partial charge in [0.25, 0.3) is 0 Å². The molecule has 2 aromatic carbocycles. The van der Waals surface area contributed by atoms with Gasteiger partial charge in [-0.1, -0.05) is 37.6 Å². The fourth-order valence-corrected chi connectivity index (χ4v) is 3.07. The van der Waals surface area contributed by atoms with E-state index in [-0.39, 0.29) is 12.0 Å². The number of fused-ring (bicyclic) bond motifs is 1. The van der Waals surface area contributed by atoms with E-state index in [0.717, 1.165) is 11.1 Å². The van der Waals surface area contributed by atoms with Crippen molar-refractivity contribution in [3.05, 3.63) is 70.0 Å². The Hall–Kier alpha value is -2.17. The van der Waals surface area contributed by atoms with E-state index in [1.54, 1.807) is 24.3 Å². The summed E-state index contributed by atoms with van der Waals surface area (Å²) in [5.41, 5.74) is 1.66. The molecule has 0 unspecified atom stereocenters. The molecular weight excluding hydrogens is 311 g/mol. The molecule has 5 heteroatoms. The second kappa shape index (κ2) is 5.80. The molecule has 0 nitrogen and oxygen atoms in total. The lowest BCUT2D eigenvalue weighted by molar-refractivity contribution is 0.376. The van der Waals surface area contributed by atoms with Crippen molar-refractivity contribution < 1.29 is 22.0 Å². The van der Waals surface area contributed by atoms with Gasteiger partial charge in [0.1, 0.15) is 0 Å². The van der Waals surface area contributed by atoms with Gasteiger partial charge in [0, 0.05) is 0 Å². The molecule has 1 aliphatic carbocycles. The van der Waals surface area contributed by atoms with Gasteiger partial charge in [-0.25, -0.2) is 22.0 Å². The van der Waals surface area contributed by atoms with Gasteiger partial charge in [-0.2, -0.15) is 0 Å². The Kier molecular flexibility index (Phi) is 3.96. The largest absolute Gasteiger partial charge is 0.203 e. The molecule has 0 aliphatic heterocycles. The van der Waals surface area contributed by atoms with Crippen LogP contribution in [-0.4, -0.2) is 0 Å². The fourth-order valence-electron chi connectivity index (χ4n) is 3.07. The van der Waals surface area contributed by atoms with Crippen LogP contribution in [0.1, 0.15) is 36.5 Å².